The molecule has 0 rings (SSSR count). The van der Waals surface area contributed by atoms with E-state index in [1.54, 1.807) is 6.92 Å². The molecule has 0 aliphatic carbocycles. The van der Waals surface area contributed by atoms with E-state index in [9.17, 15) is 4.79 Å². The van der Waals surface area contributed by atoms with E-state index in [4.69, 9.17) is 4.74 Å². The van der Waals surface area contributed by atoms with Crippen molar-refractivity contribution in [3.8, 4) is 0 Å². The van der Waals surface area contributed by atoms with Crippen LogP contribution in [0.1, 0.15) is 71.1 Å². The summed E-state index contributed by atoms with van der Waals surface area (Å²) in [5, 5.41) is 0. The van der Waals surface area contributed by atoms with Gasteiger partial charge < -0.3 is 21.6 Å². The number of esters is 1. The molecule has 0 aliphatic rings. The monoisotopic (exact) mass is 347 g/mol. The molecule has 0 heterocycles. The highest BCUT2D eigenvalue weighted by Gasteiger charge is 2.05. The second-order valence-corrected chi connectivity index (χ2v) is 7.47. The van der Waals surface area contributed by atoms with Crippen molar-refractivity contribution in [1.29, 1.82) is 0 Å². The molecule has 0 N–H and O–H groups in total. The van der Waals surface area contributed by atoms with Crippen molar-refractivity contribution in [2.45, 2.75) is 71.1 Å². The Hall–Kier alpha value is -0.540. The van der Waals surface area contributed by atoms with E-state index in [0.29, 0.717) is 12.2 Å². The molecule has 0 saturated heterocycles. The minimum atomic E-state index is -0.259. The standard InChI is InChI=1S/C19H38NO2.ClH/c1-18(2)19(21)22-17-15-13-11-9-7-6-8-10-12-14-16-20(3,4)5;/h1,6-17H2,2-5H3;1H/q+1;/p-1. The zero-order chi connectivity index (χ0) is 16.8. The molecule has 0 aromatic carbocycles. The van der Waals surface area contributed by atoms with Crippen LogP contribution in [0.25, 0.3) is 0 Å². The number of rotatable bonds is 14. The largest absolute Gasteiger partial charge is 1.00 e. The second-order valence-electron chi connectivity index (χ2n) is 7.47. The molecule has 0 amide bonds. The van der Waals surface area contributed by atoms with Gasteiger partial charge in [0.15, 0.2) is 0 Å². The fourth-order valence-electron chi connectivity index (χ4n) is 2.39. The molecule has 0 saturated carbocycles. The van der Waals surface area contributed by atoms with Gasteiger partial charge in [0.1, 0.15) is 0 Å². The van der Waals surface area contributed by atoms with Gasteiger partial charge in [-0.25, -0.2) is 4.79 Å². The average molecular weight is 348 g/mol. The first-order chi connectivity index (χ1) is 10.3. The molecule has 0 fully saturated rings. The maximum absolute atomic E-state index is 11.2. The number of unbranched alkanes of at least 4 members (excludes halogenated alkanes) is 9. The van der Waals surface area contributed by atoms with Crippen molar-refractivity contribution in [2.24, 2.45) is 0 Å². The summed E-state index contributed by atoms with van der Waals surface area (Å²) in [5.74, 6) is -0.259. The van der Waals surface area contributed by atoms with E-state index in [2.05, 4.69) is 27.7 Å². The lowest BCUT2D eigenvalue weighted by Gasteiger charge is -2.23. The van der Waals surface area contributed by atoms with Crippen molar-refractivity contribution in [3.63, 3.8) is 0 Å². The summed E-state index contributed by atoms with van der Waals surface area (Å²) >= 11 is 0. The fraction of sp³-hybridized carbons (Fsp3) is 0.842. The first-order valence-corrected chi connectivity index (χ1v) is 8.96. The number of hydrogen-bond donors (Lipinski definition) is 0. The highest BCUT2D eigenvalue weighted by Crippen LogP contribution is 2.11. The van der Waals surface area contributed by atoms with Gasteiger partial charge in [0.05, 0.1) is 34.3 Å². The molecular formula is C19H38ClNO2. The Balaban J connectivity index is 0. The van der Waals surface area contributed by atoms with Crippen LogP contribution in [-0.4, -0.2) is 44.7 Å². The van der Waals surface area contributed by atoms with Crippen LogP contribution in [0.5, 0.6) is 0 Å². The third-order valence-corrected chi connectivity index (χ3v) is 3.80. The smallest absolute Gasteiger partial charge is 0.333 e. The lowest BCUT2D eigenvalue weighted by molar-refractivity contribution is -0.870. The van der Waals surface area contributed by atoms with Crippen LogP contribution in [0.15, 0.2) is 12.2 Å². The molecule has 0 radical (unpaired) electrons. The van der Waals surface area contributed by atoms with Crippen LogP contribution in [0, 0.1) is 0 Å². The maximum Gasteiger partial charge on any atom is 0.333 e. The Bertz CT molecular complexity index is 311. The van der Waals surface area contributed by atoms with Crippen LogP contribution < -0.4 is 12.4 Å². The SMILES string of the molecule is C=C(C)C(=O)OCCCCCCCCCCCC[N+](C)(C)C.[Cl-]. The van der Waals surface area contributed by atoms with E-state index >= 15 is 0 Å². The molecule has 0 aromatic rings. The van der Waals surface area contributed by atoms with Crippen molar-refractivity contribution < 1.29 is 26.4 Å². The van der Waals surface area contributed by atoms with Crippen molar-refractivity contribution >= 4 is 5.97 Å². The predicted molar refractivity (Wildman–Crippen MR) is 94.8 cm³/mol. The van der Waals surface area contributed by atoms with E-state index in [1.807, 2.05) is 0 Å². The average Bonchev–Trinajstić information content (AvgIpc) is 2.42. The fourth-order valence-corrected chi connectivity index (χ4v) is 2.39. The van der Waals surface area contributed by atoms with E-state index in [0.717, 1.165) is 17.3 Å². The normalized spacial score (nSPS) is 11.0. The Morgan fingerprint density at radius 3 is 1.61 bits per heavy atom. The molecule has 0 bridgehead atoms. The van der Waals surface area contributed by atoms with Crippen LogP contribution >= 0.6 is 0 Å². The third-order valence-electron chi connectivity index (χ3n) is 3.80. The summed E-state index contributed by atoms with van der Waals surface area (Å²) < 4.78 is 6.16. The van der Waals surface area contributed by atoms with E-state index in [-0.39, 0.29) is 18.4 Å². The lowest BCUT2D eigenvalue weighted by atomic mass is 10.1. The second kappa shape index (κ2) is 15.0. The number of carbonyl (C=O) groups is 1. The van der Waals surface area contributed by atoms with Crippen LogP contribution in [0.3, 0.4) is 0 Å². The van der Waals surface area contributed by atoms with E-state index < -0.39 is 0 Å². The summed E-state index contributed by atoms with van der Waals surface area (Å²) in [5.41, 5.74) is 0.487. The first-order valence-electron chi connectivity index (χ1n) is 8.96. The molecular weight excluding hydrogens is 310 g/mol. The maximum atomic E-state index is 11.2. The quantitative estimate of drug-likeness (QED) is 0.207. The van der Waals surface area contributed by atoms with Gasteiger partial charge in [-0.15, -0.1) is 0 Å². The Morgan fingerprint density at radius 1 is 0.826 bits per heavy atom. The molecule has 0 spiro atoms. The molecule has 0 aliphatic heterocycles. The topological polar surface area (TPSA) is 26.3 Å². The molecule has 138 valence electrons. The zero-order valence-electron chi connectivity index (χ0n) is 15.8. The lowest BCUT2D eigenvalue weighted by Crippen LogP contribution is -3.00. The minimum absolute atomic E-state index is 0. The minimum Gasteiger partial charge on any atom is -1.00 e. The number of nitrogens with zero attached hydrogens (tertiary/aromatic N) is 1. The molecule has 0 atom stereocenters. The van der Waals surface area contributed by atoms with Gasteiger partial charge in [0.2, 0.25) is 0 Å². The van der Waals surface area contributed by atoms with Crippen LogP contribution in [-0.2, 0) is 9.53 Å². The van der Waals surface area contributed by atoms with Crippen LogP contribution in [0.4, 0.5) is 0 Å². The summed E-state index contributed by atoms with van der Waals surface area (Å²) in [6.07, 6.45) is 12.9. The Labute approximate surface area is 150 Å². The van der Waals surface area contributed by atoms with Crippen molar-refractivity contribution in [3.05, 3.63) is 12.2 Å². The van der Waals surface area contributed by atoms with E-state index in [1.165, 1.54) is 57.9 Å². The van der Waals surface area contributed by atoms with Crippen molar-refractivity contribution in [1.82, 2.24) is 0 Å². The van der Waals surface area contributed by atoms with Crippen LogP contribution in [0.2, 0.25) is 0 Å². The number of carbonyl (C=O) groups excluding carboxylic acids is 1. The van der Waals surface area contributed by atoms with Gasteiger partial charge in [-0.2, -0.15) is 0 Å². The highest BCUT2D eigenvalue weighted by atomic mass is 35.5. The van der Waals surface area contributed by atoms with Gasteiger partial charge in [-0.3, -0.25) is 0 Å². The molecule has 3 nitrogen and oxygen atoms in total. The Kier molecular flexibility index (Phi) is 16.1. The molecule has 0 aromatic heterocycles. The summed E-state index contributed by atoms with van der Waals surface area (Å²) in [4.78, 5) is 11.2. The number of ether oxygens (including phenoxy) is 1. The molecule has 4 heteroatoms. The Morgan fingerprint density at radius 2 is 1.22 bits per heavy atom. The van der Waals surface area contributed by atoms with Gasteiger partial charge in [-0.05, 0) is 26.2 Å². The van der Waals surface area contributed by atoms with Gasteiger partial charge in [-0.1, -0.05) is 51.5 Å². The van der Waals surface area contributed by atoms with Gasteiger partial charge >= 0.3 is 5.97 Å². The summed E-state index contributed by atoms with van der Waals surface area (Å²) in [7, 11) is 6.79. The number of hydrogen-bond acceptors (Lipinski definition) is 2. The third kappa shape index (κ3) is 19.4. The summed E-state index contributed by atoms with van der Waals surface area (Å²) in [6.45, 7) is 7.08. The van der Waals surface area contributed by atoms with Gasteiger partial charge in [0.25, 0.3) is 0 Å². The predicted octanol–water partition coefficient (Wildman–Crippen LogP) is 1.72. The number of halogens is 1. The number of quaternary nitrogens is 1. The molecule has 23 heavy (non-hydrogen) atoms. The summed E-state index contributed by atoms with van der Waals surface area (Å²) in [6, 6.07) is 0. The van der Waals surface area contributed by atoms with Gasteiger partial charge in [0, 0.05) is 5.57 Å². The zero-order valence-corrected chi connectivity index (χ0v) is 16.6. The molecule has 0 unspecified atom stereocenters. The van der Waals surface area contributed by atoms with Crippen molar-refractivity contribution in [2.75, 3.05) is 34.3 Å². The highest BCUT2D eigenvalue weighted by molar-refractivity contribution is 5.86. The first kappa shape index (κ1) is 24.7.